The van der Waals surface area contributed by atoms with Crippen molar-refractivity contribution in [2.45, 2.75) is 51.8 Å². The Morgan fingerprint density at radius 2 is 1.62 bits per heavy atom. The Hall–Kier alpha value is -3.10. The summed E-state index contributed by atoms with van der Waals surface area (Å²) in [4.78, 5) is 48.1. The molecule has 3 amide bonds. The number of benzene rings is 1. The molecule has 0 bridgehead atoms. The van der Waals surface area contributed by atoms with Crippen molar-refractivity contribution >= 4 is 23.9 Å². The molecule has 0 spiro atoms. The zero-order chi connectivity index (χ0) is 22.0. The predicted octanol–water partition coefficient (Wildman–Crippen LogP) is 0.916. The number of nitrogens with one attached hydrogen (secondary N) is 3. The van der Waals surface area contributed by atoms with E-state index in [1.54, 1.807) is 20.8 Å². The van der Waals surface area contributed by atoms with Gasteiger partial charge in [0.2, 0.25) is 11.8 Å². The van der Waals surface area contributed by atoms with Crippen LogP contribution in [0.5, 0.6) is 0 Å². The normalized spacial score (nSPS) is 12.9. The molecule has 0 radical (unpaired) electrons. The summed E-state index contributed by atoms with van der Waals surface area (Å²) < 4.78 is 9.62. The highest BCUT2D eigenvalue weighted by Crippen LogP contribution is 2.07. The zero-order valence-corrected chi connectivity index (χ0v) is 17.4. The van der Waals surface area contributed by atoms with E-state index in [1.165, 1.54) is 14.0 Å². The van der Waals surface area contributed by atoms with E-state index >= 15 is 0 Å². The molecule has 0 heterocycles. The lowest BCUT2D eigenvalue weighted by Crippen LogP contribution is -2.54. The second-order valence-electron chi connectivity index (χ2n) is 7.41. The second kappa shape index (κ2) is 11.0. The van der Waals surface area contributed by atoms with Crippen molar-refractivity contribution in [2.75, 3.05) is 13.7 Å². The summed E-state index contributed by atoms with van der Waals surface area (Å²) in [5, 5.41) is 7.46. The molecule has 0 aliphatic rings. The van der Waals surface area contributed by atoms with Crippen molar-refractivity contribution < 1.29 is 28.7 Å². The summed E-state index contributed by atoms with van der Waals surface area (Å²) >= 11 is 0. The first-order valence-electron chi connectivity index (χ1n) is 9.20. The van der Waals surface area contributed by atoms with Crippen LogP contribution in [0.15, 0.2) is 30.3 Å². The number of hydrogen-bond acceptors (Lipinski definition) is 6. The van der Waals surface area contributed by atoms with Crippen LogP contribution in [-0.4, -0.2) is 55.2 Å². The molecule has 29 heavy (non-hydrogen) atoms. The van der Waals surface area contributed by atoms with Crippen LogP contribution in [0.25, 0.3) is 0 Å². The van der Waals surface area contributed by atoms with Gasteiger partial charge in [-0.25, -0.2) is 4.79 Å². The topological polar surface area (TPSA) is 123 Å². The van der Waals surface area contributed by atoms with Gasteiger partial charge in [-0.3, -0.25) is 14.4 Å². The third-order valence-electron chi connectivity index (χ3n) is 3.68. The van der Waals surface area contributed by atoms with Crippen LogP contribution in [0.4, 0.5) is 4.79 Å². The first-order chi connectivity index (χ1) is 13.5. The van der Waals surface area contributed by atoms with Crippen molar-refractivity contribution in [3.63, 3.8) is 0 Å². The summed E-state index contributed by atoms with van der Waals surface area (Å²) in [7, 11) is 1.21. The number of methoxy groups -OCH3 is 1. The van der Waals surface area contributed by atoms with Crippen molar-refractivity contribution in [3.8, 4) is 0 Å². The lowest BCUT2D eigenvalue weighted by molar-refractivity contribution is -0.141. The van der Waals surface area contributed by atoms with Crippen LogP contribution in [0, 0.1) is 0 Å². The van der Waals surface area contributed by atoms with Gasteiger partial charge in [-0.2, -0.15) is 0 Å². The quantitative estimate of drug-likeness (QED) is 0.551. The third-order valence-corrected chi connectivity index (χ3v) is 3.68. The van der Waals surface area contributed by atoms with Gasteiger partial charge in [-0.15, -0.1) is 0 Å². The Morgan fingerprint density at radius 1 is 1.00 bits per heavy atom. The van der Waals surface area contributed by atoms with Crippen LogP contribution < -0.4 is 16.0 Å². The van der Waals surface area contributed by atoms with Gasteiger partial charge in [0, 0.05) is 6.42 Å². The lowest BCUT2D eigenvalue weighted by atomic mass is 10.0. The third kappa shape index (κ3) is 9.59. The zero-order valence-electron chi connectivity index (χ0n) is 17.4. The Morgan fingerprint density at radius 3 is 2.17 bits per heavy atom. The van der Waals surface area contributed by atoms with Crippen LogP contribution in [-0.2, 0) is 30.3 Å². The lowest BCUT2D eigenvalue weighted by Gasteiger charge is -2.23. The molecule has 160 valence electrons. The summed E-state index contributed by atoms with van der Waals surface area (Å²) in [5.74, 6) is -1.72. The molecule has 0 aromatic heterocycles. The number of carbonyl (C=O) groups excluding carboxylic acids is 4. The van der Waals surface area contributed by atoms with Gasteiger partial charge in [0.1, 0.15) is 24.2 Å². The number of esters is 1. The van der Waals surface area contributed by atoms with E-state index in [2.05, 4.69) is 20.7 Å². The molecule has 1 aromatic rings. The number of alkyl carbamates (subject to hydrolysis) is 1. The summed E-state index contributed by atoms with van der Waals surface area (Å²) in [6, 6.07) is 7.21. The van der Waals surface area contributed by atoms with Crippen LogP contribution >= 0.6 is 0 Å². The molecule has 0 aliphatic heterocycles. The van der Waals surface area contributed by atoms with E-state index in [1.807, 2.05) is 30.3 Å². The van der Waals surface area contributed by atoms with E-state index < -0.39 is 41.6 Å². The Kier molecular flexibility index (Phi) is 9.11. The summed E-state index contributed by atoms with van der Waals surface area (Å²) in [5.41, 5.74) is 0.114. The molecule has 2 unspecified atom stereocenters. The Balaban J connectivity index is 2.78. The molecule has 0 aliphatic carbocycles. The molecule has 9 nitrogen and oxygen atoms in total. The first-order valence-corrected chi connectivity index (χ1v) is 9.20. The van der Waals surface area contributed by atoms with E-state index in [4.69, 9.17) is 4.74 Å². The minimum atomic E-state index is -0.947. The molecule has 0 saturated carbocycles. The first kappa shape index (κ1) is 23.9. The van der Waals surface area contributed by atoms with Crippen LogP contribution in [0.2, 0.25) is 0 Å². The maximum absolute atomic E-state index is 12.5. The fraction of sp³-hybridized carbons (Fsp3) is 0.500. The maximum Gasteiger partial charge on any atom is 0.408 e. The number of carbonyl (C=O) groups is 4. The van der Waals surface area contributed by atoms with Gasteiger partial charge in [0.15, 0.2) is 0 Å². The number of hydrogen-bond donors (Lipinski definition) is 3. The smallest absolute Gasteiger partial charge is 0.408 e. The average molecular weight is 407 g/mol. The van der Waals surface area contributed by atoms with E-state index in [0.717, 1.165) is 5.56 Å². The highest BCUT2D eigenvalue weighted by molar-refractivity contribution is 5.92. The monoisotopic (exact) mass is 407 g/mol. The highest BCUT2D eigenvalue weighted by Gasteiger charge is 2.26. The summed E-state index contributed by atoms with van der Waals surface area (Å²) in [6.07, 6.45) is -0.534. The standard InChI is InChI=1S/C20H29N3O6/c1-13(22-19(27)29-20(2,3)4)17(25)23-15(11-14-9-7-6-8-10-14)18(26)21-12-16(24)28-5/h6-10,13,15H,11-12H2,1-5H3,(H,21,26)(H,22,27)(H,23,25). The van der Waals surface area contributed by atoms with Crippen LogP contribution in [0.1, 0.15) is 33.3 Å². The van der Waals surface area contributed by atoms with Gasteiger partial charge >= 0.3 is 12.1 Å². The van der Waals surface area contributed by atoms with Gasteiger partial charge in [0.25, 0.3) is 0 Å². The molecular formula is C20H29N3O6. The number of amides is 3. The van der Waals surface area contributed by atoms with Crippen molar-refractivity contribution in [2.24, 2.45) is 0 Å². The number of ether oxygens (including phenoxy) is 2. The molecule has 1 rings (SSSR count). The van der Waals surface area contributed by atoms with Crippen molar-refractivity contribution in [1.29, 1.82) is 0 Å². The van der Waals surface area contributed by atoms with Crippen molar-refractivity contribution in [1.82, 2.24) is 16.0 Å². The molecule has 2 atom stereocenters. The van der Waals surface area contributed by atoms with Crippen LogP contribution in [0.3, 0.4) is 0 Å². The van der Waals surface area contributed by atoms with Crippen molar-refractivity contribution in [3.05, 3.63) is 35.9 Å². The largest absolute Gasteiger partial charge is 0.468 e. The fourth-order valence-corrected chi connectivity index (χ4v) is 2.26. The SMILES string of the molecule is COC(=O)CNC(=O)C(Cc1ccccc1)NC(=O)C(C)NC(=O)OC(C)(C)C. The number of rotatable bonds is 8. The minimum Gasteiger partial charge on any atom is -0.468 e. The Bertz CT molecular complexity index is 715. The van der Waals surface area contributed by atoms with Gasteiger partial charge < -0.3 is 25.4 Å². The van der Waals surface area contributed by atoms with E-state index in [9.17, 15) is 19.2 Å². The molecule has 0 saturated heterocycles. The highest BCUT2D eigenvalue weighted by atomic mass is 16.6. The van der Waals surface area contributed by atoms with Gasteiger partial charge in [-0.1, -0.05) is 30.3 Å². The molecule has 3 N–H and O–H groups in total. The average Bonchev–Trinajstić information content (AvgIpc) is 2.64. The molecular weight excluding hydrogens is 378 g/mol. The second-order valence-corrected chi connectivity index (χ2v) is 7.41. The minimum absolute atomic E-state index is 0.207. The Labute approximate surface area is 170 Å². The maximum atomic E-state index is 12.5. The van der Waals surface area contributed by atoms with E-state index in [0.29, 0.717) is 0 Å². The van der Waals surface area contributed by atoms with Gasteiger partial charge in [0.05, 0.1) is 7.11 Å². The molecule has 9 heteroatoms. The molecule has 0 fully saturated rings. The summed E-state index contributed by atoms with van der Waals surface area (Å²) in [6.45, 7) is 6.28. The fourth-order valence-electron chi connectivity index (χ4n) is 2.26. The van der Waals surface area contributed by atoms with E-state index in [-0.39, 0.29) is 13.0 Å². The van der Waals surface area contributed by atoms with Gasteiger partial charge in [-0.05, 0) is 33.3 Å². The predicted molar refractivity (Wildman–Crippen MR) is 106 cm³/mol. The molecule has 1 aromatic carbocycles.